The van der Waals surface area contributed by atoms with Crippen molar-refractivity contribution < 1.29 is 24.2 Å². The third-order valence-electron chi connectivity index (χ3n) is 4.70. The van der Waals surface area contributed by atoms with E-state index in [0.717, 1.165) is 12.8 Å². The van der Waals surface area contributed by atoms with E-state index in [1.807, 2.05) is 6.92 Å². The third kappa shape index (κ3) is 3.36. The number of aliphatic carboxylic acids is 1. The molecular weight excluding hydrogens is 274 g/mol. The SMILES string of the molecule is COC(=O)C1CCCN(C(=O)C2CC(C)CC2C(=O)O)C1. The number of likely N-dealkylation sites (tertiary alicyclic amines) is 1. The number of carboxylic acid groups (broad SMARTS) is 1. The summed E-state index contributed by atoms with van der Waals surface area (Å²) in [6.45, 7) is 2.93. The maximum absolute atomic E-state index is 12.6. The Bertz CT molecular complexity index is 436. The molecule has 21 heavy (non-hydrogen) atoms. The predicted octanol–water partition coefficient (Wildman–Crippen LogP) is 1.14. The molecule has 1 saturated carbocycles. The minimum atomic E-state index is -0.890. The van der Waals surface area contributed by atoms with Crippen molar-refractivity contribution in [3.63, 3.8) is 0 Å². The van der Waals surface area contributed by atoms with E-state index in [2.05, 4.69) is 0 Å². The fourth-order valence-corrected chi connectivity index (χ4v) is 3.61. The Morgan fingerprint density at radius 1 is 1.19 bits per heavy atom. The van der Waals surface area contributed by atoms with Gasteiger partial charge in [0.05, 0.1) is 24.9 Å². The number of hydrogen-bond donors (Lipinski definition) is 1. The van der Waals surface area contributed by atoms with E-state index in [1.54, 1.807) is 4.90 Å². The number of nitrogens with zero attached hydrogens (tertiary/aromatic N) is 1. The van der Waals surface area contributed by atoms with Gasteiger partial charge in [-0.1, -0.05) is 6.92 Å². The van der Waals surface area contributed by atoms with Crippen molar-refractivity contribution in [1.82, 2.24) is 4.90 Å². The van der Waals surface area contributed by atoms with Crippen LogP contribution in [0.5, 0.6) is 0 Å². The summed E-state index contributed by atoms with van der Waals surface area (Å²) in [5.74, 6) is -2.36. The molecule has 4 atom stereocenters. The highest BCUT2D eigenvalue weighted by atomic mass is 16.5. The number of amides is 1. The van der Waals surface area contributed by atoms with Gasteiger partial charge in [-0.05, 0) is 31.6 Å². The summed E-state index contributed by atoms with van der Waals surface area (Å²) in [7, 11) is 1.35. The Morgan fingerprint density at radius 2 is 1.86 bits per heavy atom. The summed E-state index contributed by atoms with van der Waals surface area (Å²) < 4.78 is 4.75. The van der Waals surface area contributed by atoms with Crippen molar-refractivity contribution in [2.45, 2.75) is 32.6 Å². The van der Waals surface area contributed by atoms with E-state index < -0.39 is 17.8 Å². The van der Waals surface area contributed by atoms with Crippen molar-refractivity contribution in [2.75, 3.05) is 20.2 Å². The monoisotopic (exact) mass is 297 g/mol. The van der Waals surface area contributed by atoms with Gasteiger partial charge in [0.25, 0.3) is 0 Å². The third-order valence-corrected chi connectivity index (χ3v) is 4.70. The van der Waals surface area contributed by atoms with Gasteiger partial charge in [-0.25, -0.2) is 0 Å². The molecule has 118 valence electrons. The van der Waals surface area contributed by atoms with E-state index in [9.17, 15) is 19.5 Å². The van der Waals surface area contributed by atoms with Gasteiger partial charge in [0.2, 0.25) is 5.91 Å². The van der Waals surface area contributed by atoms with Gasteiger partial charge >= 0.3 is 11.9 Å². The van der Waals surface area contributed by atoms with Gasteiger partial charge in [-0.15, -0.1) is 0 Å². The molecular formula is C15H23NO5. The fraction of sp³-hybridized carbons (Fsp3) is 0.800. The average Bonchev–Trinajstić information content (AvgIpc) is 2.88. The Kier molecular flexibility index (Phi) is 4.85. The van der Waals surface area contributed by atoms with Crippen LogP contribution in [0.4, 0.5) is 0 Å². The minimum Gasteiger partial charge on any atom is -0.481 e. The summed E-state index contributed by atoms with van der Waals surface area (Å²) in [5.41, 5.74) is 0. The molecule has 1 saturated heterocycles. The number of methoxy groups -OCH3 is 1. The number of carboxylic acids is 1. The standard InChI is InChI=1S/C15H23NO5/c1-9-6-11(12(7-9)14(18)19)13(17)16-5-3-4-10(8-16)15(20)21-2/h9-12H,3-8H2,1-2H3,(H,18,19). The maximum Gasteiger partial charge on any atom is 0.310 e. The Balaban J connectivity index is 2.05. The lowest BCUT2D eigenvalue weighted by Gasteiger charge is -2.33. The molecule has 2 aliphatic rings. The van der Waals surface area contributed by atoms with Gasteiger partial charge in [0.1, 0.15) is 0 Å². The van der Waals surface area contributed by atoms with Crippen LogP contribution in [0.25, 0.3) is 0 Å². The summed E-state index contributed by atoms with van der Waals surface area (Å²) in [5, 5.41) is 9.28. The number of carbonyl (C=O) groups is 3. The molecule has 1 amide bonds. The maximum atomic E-state index is 12.6. The zero-order valence-electron chi connectivity index (χ0n) is 12.6. The van der Waals surface area contributed by atoms with E-state index in [-0.39, 0.29) is 23.7 Å². The Labute approximate surface area is 124 Å². The first-order chi connectivity index (χ1) is 9.93. The molecule has 4 unspecified atom stereocenters. The highest BCUT2D eigenvalue weighted by Gasteiger charge is 2.43. The zero-order valence-corrected chi connectivity index (χ0v) is 12.6. The lowest BCUT2D eigenvalue weighted by atomic mass is 9.92. The molecule has 1 N–H and O–H groups in total. The van der Waals surface area contributed by atoms with Crippen LogP contribution < -0.4 is 0 Å². The Morgan fingerprint density at radius 3 is 2.48 bits per heavy atom. The van der Waals surface area contributed by atoms with E-state index in [0.29, 0.717) is 25.9 Å². The molecule has 1 heterocycles. The van der Waals surface area contributed by atoms with Crippen molar-refractivity contribution in [3.8, 4) is 0 Å². The molecule has 0 radical (unpaired) electrons. The molecule has 6 nitrogen and oxygen atoms in total. The molecule has 1 aliphatic heterocycles. The lowest BCUT2D eigenvalue weighted by molar-refractivity contribution is -0.153. The van der Waals surface area contributed by atoms with E-state index in [1.165, 1.54) is 7.11 Å². The second-order valence-corrected chi connectivity index (χ2v) is 6.27. The van der Waals surface area contributed by atoms with E-state index in [4.69, 9.17) is 4.74 Å². The highest BCUT2D eigenvalue weighted by Crippen LogP contribution is 2.38. The molecule has 2 fully saturated rings. The summed E-state index contributed by atoms with van der Waals surface area (Å²) >= 11 is 0. The number of carbonyl (C=O) groups excluding carboxylic acids is 2. The van der Waals surface area contributed by atoms with Crippen LogP contribution in [0, 0.1) is 23.7 Å². The van der Waals surface area contributed by atoms with Gasteiger partial charge in [0.15, 0.2) is 0 Å². The molecule has 1 aliphatic carbocycles. The van der Waals surface area contributed by atoms with Crippen LogP contribution in [-0.4, -0.2) is 48.1 Å². The van der Waals surface area contributed by atoms with Crippen LogP contribution in [-0.2, 0) is 19.1 Å². The molecule has 0 bridgehead atoms. The van der Waals surface area contributed by atoms with Gasteiger partial charge in [0, 0.05) is 13.1 Å². The van der Waals surface area contributed by atoms with Crippen molar-refractivity contribution in [1.29, 1.82) is 0 Å². The first-order valence-corrected chi connectivity index (χ1v) is 7.53. The van der Waals surface area contributed by atoms with Crippen LogP contribution in [0.1, 0.15) is 32.6 Å². The summed E-state index contributed by atoms with van der Waals surface area (Å²) in [6, 6.07) is 0. The number of esters is 1. The summed E-state index contributed by atoms with van der Waals surface area (Å²) in [6.07, 6.45) is 2.65. The Hall–Kier alpha value is -1.59. The molecule has 0 aromatic heterocycles. The van der Waals surface area contributed by atoms with Crippen LogP contribution >= 0.6 is 0 Å². The van der Waals surface area contributed by atoms with Crippen LogP contribution in [0.2, 0.25) is 0 Å². The predicted molar refractivity (Wildman–Crippen MR) is 74.3 cm³/mol. The minimum absolute atomic E-state index is 0.111. The highest BCUT2D eigenvalue weighted by molar-refractivity contribution is 5.86. The van der Waals surface area contributed by atoms with Gasteiger partial charge < -0.3 is 14.7 Å². The number of ether oxygens (including phenoxy) is 1. The molecule has 2 rings (SSSR count). The van der Waals surface area contributed by atoms with Crippen molar-refractivity contribution in [3.05, 3.63) is 0 Å². The largest absolute Gasteiger partial charge is 0.481 e. The van der Waals surface area contributed by atoms with E-state index >= 15 is 0 Å². The average molecular weight is 297 g/mol. The molecule has 0 aromatic rings. The van der Waals surface area contributed by atoms with Gasteiger partial charge in [-0.3, -0.25) is 14.4 Å². The number of piperidine rings is 1. The fourth-order valence-electron chi connectivity index (χ4n) is 3.61. The lowest BCUT2D eigenvalue weighted by Crippen LogP contribution is -2.46. The number of rotatable bonds is 3. The quantitative estimate of drug-likeness (QED) is 0.790. The number of hydrogen-bond acceptors (Lipinski definition) is 4. The van der Waals surface area contributed by atoms with Crippen LogP contribution in [0.15, 0.2) is 0 Å². The first kappa shape index (κ1) is 15.8. The smallest absolute Gasteiger partial charge is 0.310 e. The normalized spacial score (nSPS) is 32.8. The van der Waals surface area contributed by atoms with Crippen molar-refractivity contribution >= 4 is 17.8 Å². The topological polar surface area (TPSA) is 83.9 Å². The second kappa shape index (κ2) is 6.45. The molecule has 6 heteroatoms. The summed E-state index contributed by atoms with van der Waals surface area (Å²) in [4.78, 5) is 37.2. The van der Waals surface area contributed by atoms with Crippen LogP contribution in [0.3, 0.4) is 0 Å². The van der Waals surface area contributed by atoms with Crippen molar-refractivity contribution in [2.24, 2.45) is 23.7 Å². The zero-order chi connectivity index (χ0) is 15.6. The van der Waals surface area contributed by atoms with Gasteiger partial charge in [-0.2, -0.15) is 0 Å². The second-order valence-electron chi connectivity index (χ2n) is 6.27. The molecule has 0 aromatic carbocycles. The molecule has 0 spiro atoms. The first-order valence-electron chi connectivity index (χ1n) is 7.53.